The molecule has 1 aromatic carbocycles. The highest BCUT2D eigenvalue weighted by molar-refractivity contribution is 5.38. The molecule has 1 N–H and O–H groups in total. The summed E-state index contributed by atoms with van der Waals surface area (Å²) >= 11 is 0. The van der Waals surface area contributed by atoms with Crippen molar-refractivity contribution in [3.05, 3.63) is 41.2 Å². The lowest BCUT2D eigenvalue weighted by Gasteiger charge is -2.12. The number of aliphatic hydroxyl groups excluding tert-OH is 1. The lowest BCUT2D eigenvalue weighted by atomic mass is 10.0. The number of hydrogen-bond donors (Lipinski definition) is 1. The molecule has 0 fully saturated rings. The Morgan fingerprint density at radius 2 is 1.89 bits per heavy atom. The average Bonchev–Trinajstić information content (AvgIpc) is 2.82. The second-order valence-corrected chi connectivity index (χ2v) is 5.40. The number of hydrogen-bond acceptors (Lipinski definition) is 3. The molecule has 102 valence electrons. The van der Waals surface area contributed by atoms with Gasteiger partial charge in [0.15, 0.2) is 0 Å². The Bertz CT molecular complexity index is 558. The van der Waals surface area contributed by atoms with Gasteiger partial charge >= 0.3 is 0 Å². The van der Waals surface area contributed by atoms with Gasteiger partial charge in [0.25, 0.3) is 0 Å². The minimum Gasteiger partial charge on any atom is -0.390 e. The van der Waals surface area contributed by atoms with Gasteiger partial charge in [-0.15, -0.1) is 5.10 Å². The Labute approximate surface area is 114 Å². The molecule has 2 aromatic rings. The summed E-state index contributed by atoms with van der Waals surface area (Å²) in [5.74, 6) is 0.739. The molecule has 0 amide bonds. The summed E-state index contributed by atoms with van der Waals surface area (Å²) in [5, 5.41) is 17.6. The van der Waals surface area contributed by atoms with Gasteiger partial charge < -0.3 is 5.11 Å². The lowest BCUT2D eigenvalue weighted by Crippen LogP contribution is -2.06. The van der Waals surface area contributed by atoms with Gasteiger partial charge in [-0.2, -0.15) is 0 Å². The van der Waals surface area contributed by atoms with E-state index in [0.29, 0.717) is 11.6 Å². The van der Waals surface area contributed by atoms with Gasteiger partial charge in [0.1, 0.15) is 5.69 Å². The van der Waals surface area contributed by atoms with Crippen LogP contribution in [0.25, 0.3) is 5.69 Å². The molecule has 2 rings (SSSR count). The van der Waals surface area contributed by atoms with Crippen LogP contribution in [0.1, 0.15) is 56.5 Å². The number of aromatic nitrogens is 3. The number of aliphatic hydroxyl groups is 1. The van der Waals surface area contributed by atoms with Crippen molar-refractivity contribution >= 4 is 0 Å². The fourth-order valence-electron chi connectivity index (χ4n) is 2.22. The molecular formula is C15H21N3O. The summed E-state index contributed by atoms with van der Waals surface area (Å²) in [5.41, 5.74) is 3.91. The van der Waals surface area contributed by atoms with Crippen molar-refractivity contribution in [2.24, 2.45) is 0 Å². The molecule has 0 saturated heterocycles. The van der Waals surface area contributed by atoms with E-state index in [1.165, 1.54) is 5.56 Å². The molecule has 0 aliphatic rings. The van der Waals surface area contributed by atoms with E-state index in [1.54, 1.807) is 0 Å². The van der Waals surface area contributed by atoms with Gasteiger partial charge in [-0.05, 0) is 29.5 Å². The first-order valence-electron chi connectivity index (χ1n) is 6.70. The zero-order chi connectivity index (χ0) is 14.0. The molecule has 0 spiro atoms. The van der Waals surface area contributed by atoms with Crippen molar-refractivity contribution in [1.82, 2.24) is 15.0 Å². The van der Waals surface area contributed by atoms with Gasteiger partial charge in [0, 0.05) is 0 Å². The number of nitrogens with zero attached hydrogens (tertiary/aromatic N) is 3. The molecule has 4 heteroatoms. The first kappa shape index (κ1) is 13.7. The van der Waals surface area contributed by atoms with E-state index in [0.717, 1.165) is 11.4 Å². The molecule has 0 radical (unpaired) electrons. The highest BCUT2D eigenvalue weighted by Crippen LogP contribution is 2.23. The monoisotopic (exact) mass is 259 g/mol. The van der Waals surface area contributed by atoms with Crippen LogP contribution in [-0.4, -0.2) is 20.1 Å². The fraction of sp³-hybridized carbons (Fsp3) is 0.467. The van der Waals surface area contributed by atoms with E-state index in [2.05, 4.69) is 50.1 Å². The average molecular weight is 259 g/mol. The summed E-state index contributed by atoms with van der Waals surface area (Å²) in [7, 11) is 0. The molecule has 0 unspecified atom stereocenters. The molecular weight excluding hydrogens is 238 g/mol. The molecule has 1 heterocycles. The third-order valence-corrected chi connectivity index (χ3v) is 3.26. The molecule has 0 aliphatic heterocycles. The fourth-order valence-corrected chi connectivity index (χ4v) is 2.22. The van der Waals surface area contributed by atoms with Gasteiger partial charge in [0.2, 0.25) is 0 Å². The Morgan fingerprint density at radius 3 is 2.47 bits per heavy atom. The van der Waals surface area contributed by atoms with Crippen LogP contribution < -0.4 is 0 Å². The van der Waals surface area contributed by atoms with Gasteiger partial charge in [0.05, 0.1) is 18.0 Å². The summed E-state index contributed by atoms with van der Waals surface area (Å²) in [4.78, 5) is 0. The van der Waals surface area contributed by atoms with E-state index >= 15 is 0 Å². The number of rotatable bonds is 4. The predicted octanol–water partition coefficient (Wildman–Crippen LogP) is 3.01. The maximum absolute atomic E-state index is 9.35. The van der Waals surface area contributed by atoms with E-state index in [4.69, 9.17) is 0 Å². The summed E-state index contributed by atoms with van der Waals surface area (Å²) < 4.78 is 1.84. The number of benzene rings is 1. The Hall–Kier alpha value is -1.68. The molecule has 19 heavy (non-hydrogen) atoms. The van der Waals surface area contributed by atoms with Crippen LogP contribution in [0.5, 0.6) is 0 Å². The van der Waals surface area contributed by atoms with Gasteiger partial charge in [-0.25, -0.2) is 4.68 Å². The minimum atomic E-state index is -0.0720. The maximum Gasteiger partial charge on any atom is 0.112 e. The van der Waals surface area contributed by atoms with Crippen LogP contribution in [0.15, 0.2) is 24.3 Å². The molecule has 0 saturated carbocycles. The van der Waals surface area contributed by atoms with Crippen LogP contribution in [0.2, 0.25) is 0 Å². The highest BCUT2D eigenvalue weighted by Gasteiger charge is 2.16. The van der Waals surface area contributed by atoms with E-state index in [9.17, 15) is 5.11 Å². The van der Waals surface area contributed by atoms with Crippen molar-refractivity contribution in [3.63, 3.8) is 0 Å². The first-order chi connectivity index (χ1) is 9.04. The molecule has 0 aliphatic carbocycles. The van der Waals surface area contributed by atoms with E-state index < -0.39 is 0 Å². The Kier molecular flexibility index (Phi) is 4.00. The Balaban J connectivity index is 2.52. The maximum atomic E-state index is 9.35. The zero-order valence-electron chi connectivity index (χ0n) is 12.0. The van der Waals surface area contributed by atoms with Crippen molar-refractivity contribution < 1.29 is 5.11 Å². The largest absolute Gasteiger partial charge is 0.390 e. The molecule has 0 atom stereocenters. The van der Waals surface area contributed by atoms with Crippen molar-refractivity contribution in [3.8, 4) is 5.69 Å². The predicted molar refractivity (Wildman–Crippen MR) is 75.5 cm³/mol. The van der Waals surface area contributed by atoms with Crippen LogP contribution >= 0.6 is 0 Å². The zero-order valence-corrected chi connectivity index (χ0v) is 12.0. The standard InChI is InChI=1S/C15H21N3O/c1-10(2)12-6-5-7-13(8-12)18-15(11(3)4)14(9-19)16-17-18/h5-8,10-11,19H,9H2,1-4H3. The van der Waals surface area contributed by atoms with Gasteiger partial charge in [-0.3, -0.25) is 0 Å². The van der Waals surface area contributed by atoms with Crippen LogP contribution in [0.4, 0.5) is 0 Å². The topological polar surface area (TPSA) is 50.9 Å². The van der Waals surface area contributed by atoms with E-state index in [-0.39, 0.29) is 12.5 Å². The summed E-state index contributed by atoms with van der Waals surface area (Å²) in [6, 6.07) is 8.31. The van der Waals surface area contributed by atoms with Crippen molar-refractivity contribution in [2.75, 3.05) is 0 Å². The van der Waals surface area contributed by atoms with Crippen molar-refractivity contribution in [2.45, 2.75) is 46.1 Å². The molecule has 4 nitrogen and oxygen atoms in total. The third-order valence-electron chi connectivity index (χ3n) is 3.26. The van der Waals surface area contributed by atoms with Crippen LogP contribution in [0.3, 0.4) is 0 Å². The summed E-state index contributed by atoms with van der Waals surface area (Å²) in [6.45, 7) is 8.44. The second-order valence-electron chi connectivity index (χ2n) is 5.40. The third kappa shape index (κ3) is 2.68. The molecule has 0 bridgehead atoms. The first-order valence-corrected chi connectivity index (χ1v) is 6.70. The normalized spacial score (nSPS) is 11.5. The van der Waals surface area contributed by atoms with Crippen LogP contribution in [0, 0.1) is 0 Å². The Morgan fingerprint density at radius 1 is 1.16 bits per heavy atom. The SMILES string of the molecule is CC(C)c1cccc(-n2nnc(CO)c2C(C)C)c1. The molecule has 1 aromatic heterocycles. The lowest BCUT2D eigenvalue weighted by molar-refractivity contribution is 0.275. The quantitative estimate of drug-likeness (QED) is 0.918. The van der Waals surface area contributed by atoms with Crippen molar-refractivity contribution in [1.29, 1.82) is 0 Å². The highest BCUT2D eigenvalue weighted by atomic mass is 16.3. The van der Waals surface area contributed by atoms with Crippen LogP contribution in [-0.2, 0) is 6.61 Å². The minimum absolute atomic E-state index is 0.0720. The smallest absolute Gasteiger partial charge is 0.112 e. The summed E-state index contributed by atoms with van der Waals surface area (Å²) in [6.07, 6.45) is 0. The van der Waals surface area contributed by atoms with E-state index in [1.807, 2.05) is 16.8 Å². The van der Waals surface area contributed by atoms with Gasteiger partial charge in [-0.1, -0.05) is 45.0 Å². The second kappa shape index (κ2) is 5.53.